The summed E-state index contributed by atoms with van der Waals surface area (Å²) in [4.78, 5) is 21.2. The first-order valence-electron chi connectivity index (χ1n) is 6.11. The van der Waals surface area contributed by atoms with Crippen molar-refractivity contribution >= 4 is 11.9 Å². The highest BCUT2D eigenvalue weighted by molar-refractivity contribution is 5.91. The maximum Gasteiger partial charge on any atom is 0.339 e. The van der Waals surface area contributed by atoms with Crippen LogP contribution in [0.3, 0.4) is 0 Å². The second-order valence-corrected chi connectivity index (χ2v) is 4.36. The third-order valence-corrected chi connectivity index (χ3v) is 2.65. The van der Waals surface area contributed by atoms with Crippen molar-refractivity contribution < 1.29 is 19.4 Å². The first-order valence-corrected chi connectivity index (χ1v) is 6.11. The lowest BCUT2D eigenvalue weighted by atomic mass is 10.2. The molecule has 7 heteroatoms. The summed E-state index contributed by atoms with van der Waals surface area (Å²) in [5.41, 5.74) is -0.000588. The van der Waals surface area contributed by atoms with Crippen molar-refractivity contribution in [1.82, 2.24) is 9.97 Å². The van der Waals surface area contributed by atoms with E-state index in [0.29, 0.717) is 11.7 Å². The molecule has 0 radical (unpaired) electrons. The smallest absolute Gasteiger partial charge is 0.339 e. The molecule has 0 saturated carbocycles. The lowest BCUT2D eigenvalue weighted by Crippen LogP contribution is -2.12. The van der Waals surface area contributed by atoms with Gasteiger partial charge in [0.05, 0.1) is 7.11 Å². The fourth-order valence-electron chi connectivity index (χ4n) is 1.61. The predicted octanol–water partition coefficient (Wildman–Crippen LogP) is 2.04. The van der Waals surface area contributed by atoms with Gasteiger partial charge in [-0.05, 0) is 18.2 Å². The Morgan fingerprint density at radius 1 is 1.29 bits per heavy atom. The first-order chi connectivity index (χ1) is 10.0. The second kappa shape index (κ2) is 6.08. The zero-order chi connectivity index (χ0) is 15.4. The highest BCUT2D eigenvalue weighted by Crippen LogP contribution is 2.28. The second-order valence-electron chi connectivity index (χ2n) is 4.36. The minimum Gasteiger partial charge on any atom is -0.497 e. The van der Waals surface area contributed by atoms with Crippen molar-refractivity contribution in [2.24, 2.45) is 0 Å². The fourth-order valence-corrected chi connectivity index (χ4v) is 1.61. The Morgan fingerprint density at radius 2 is 2.05 bits per heavy atom. The van der Waals surface area contributed by atoms with Gasteiger partial charge in [0, 0.05) is 26.4 Å². The van der Waals surface area contributed by atoms with E-state index in [4.69, 9.17) is 9.47 Å². The molecule has 1 N–H and O–H groups in total. The maximum atomic E-state index is 11.3. The molecule has 0 amide bonds. The third-order valence-electron chi connectivity index (χ3n) is 2.65. The van der Waals surface area contributed by atoms with E-state index in [-0.39, 0.29) is 17.2 Å². The molecule has 1 aromatic carbocycles. The minimum atomic E-state index is -1.11. The van der Waals surface area contributed by atoms with Crippen LogP contribution in [0, 0.1) is 0 Å². The Morgan fingerprint density at radius 3 is 2.67 bits per heavy atom. The first kappa shape index (κ1) is 14.6. The van der Waals surface area contributed by atoms with Crippen molar-refractivity contribution in [2.75, 3.05) is 26.1 Å². The van der Waals surface area contributed by atoms with Gasteiger partial charge in [-0.25, -0.2) is 9.78 Å². The van der Waals surface area contributed by atoms with Crippen molar-refractivity contribution in [1.29, 1.82) is 0 Å². The van der Waals surface area contributed by atoms with Crippen molar-refractivity contribution in [3.8, 4) is 17.4 Å². The summed E-state index contributed by atoms with van der Waals surface area (Å²) < 4.78 is 10.6. The molecule has 0 saturated heterocycles. The molecule has 21 heavy (non-hydrogen) atoms. The Balaban J connectivity index is 2.35. The van der Waals surface area contributed by atoms with E-state index >= 15 is 0 Å². The largest absolute Gasteiger partial charge is 0.497 e. The number of ether oxygens (including phenoxy) is 2. The van der Waals surface area contributed by atoms with Gasteiger partial charge in [0.1, 0.15) is 17.1 Å². The number of rotatable bonds is 5. The third kappa shape index (κ3) is 3.38. The topological polar surface area (TPSA) is 84.8 Å². The summed E-state index contributed by atoms with van der Waals surface area (Å²) in [6, 6.07) is 6.10. The van der Waals surface area contributed by atoms with Crippen LogP contribution in [0.4, 0.5) is 5.95 Å². The number of hydrogen-bond acceptors (Lipinski definition) is 6. The molecule has 0 atom stereocenters. The highest BCUT2D eigenvalue weighted by atomic mass is 16.5. The minimum absolute atomic E-state index is 0.000588. The summed E-state index contributed by atoms with van der Waals surface area (Å²) >= 11 is 0. The van der Waals surface area contributed by atoms with E-state index in [9.17, 15) is 9.90 Å². The number of carboxylic acid groups (broad SMARTS) is 1. The Labute approximate surface area is 121 Å². The van der Waals surface area contributed by atoms with Gasteiger partial charge in [0.25, 0.3) is 0 Å². The average Bonchev–Trinajstić information content (AvgIpc) is 2.47. The molecular formula is C14H15N3O4. The Kier molecular flexibility index (Phi) is 4.22. The van der Waals surface area contributed by atoms with Gasteiger partial charge in [-0.2, -0.15) is 4.98 Å². The van der Waals surface area contributed by atoms with Gasteiger partial charge in [0.2, 0.25) is 11.8 Å². The average molecular weight is 289 g/mol. The molecule has 0 aliphatic rings. The van der Waals surface area contributed by atoms with Crippen LogP contribution < -0.4 is 14.4 Å². The number of aromatic nitrogens is 2. The number of methoxy groups -OCH3 is 1. The number of aromatic carboxylic acids is 1. The van der Waals surface area contributed by atoms with E-state index in [1.165, 1.54) is 19.2 Å². The lowest BCUT2D eigenvalue weighted by Gasteiger charge is -2.12. The van der Waals surface area contributed by atoms with Crippen LogP contribution in [0.25, 0.3) is 0 Å². The molecule has 1 aromatic heterocycles. The number of nitrogens with zero attached hydrogens (tertiary/aromatic N) is 3. The fraction of sp³-hybridized carbons (Fsp3) is 0.214. The molecule has 0 spiro atoms. The van der Waals surface area contributed by atoms with E-state index < -0.39 is 5.97 Å². The molecule has 0 fully saturated rings. The number of hydrogen-bond donors (Lipinski definition) is 1. The van der Waals surface area contributed by atoms with E-state index in [1.54, 1.807) is 37.3 Å². The van der Waals surface area contributed by atoms with Gasteiger partial charge in [0.15, 0.2) is 0 Å². The molecule has 7 nitrogen and oxygen atoms in total. The van der Waals surface area contributed by atoms with Crippen LogP contribution in [0.15, 0.2) is 30.5 Å². The summed E-state index contributed by atoms with van der Waals surface area (Å²) in [5.74, 6) is 0.258. The zero-order valence-electron chi connectivity index (χ0n) is 11.9. The van der Waals surface area contributed by atoms with Gasteiger partial charge < -0.3 is 19.5 Å². The highest BCUT2D eigenvalue weighted by Gasteiger charge is 2.14. The number of carbonyl (C=O) groups is 1. The quantitative estimate of drug-likeness (QED) is 0.901. The molecule has 0 unspecified atom stereocenters. The maximum absolute atomic E-state index is 11.3. The van der Waals surface area contributed by atoms with Gasteiger partial charge in [-0.1, -0.05) is 0 Å². The summed E-state index contributed by atoms with van der Waals surface area (Å²) in [5, 5.41) is 9.23. The monoisotopic (exact) mass is 289 g/mol. The molecule has 1 heterocycles. The van der Waals surface area contributed by atoms with Crippen LogP contribution >= 0.6 is 0 Å². The SMILES string of the molecule is COc1ccc(Oc2ccnc(N(C)C)n2)c(C(=O)O)c1. The van der Waals surface area contributed by atoms with Crippen LogP contribution in [-0.4, -0.2) is 42.2 Å². The Bertz CT molecular complexity index is 658. The molecule has 2 aromatic rings. The lowest BCUT2D eigenvalue weighted by molar-refractivity contribution is 0.0693. The van der Waals surface area contributed by atoms with E-state index in [0.717, 1.165) is 0 Å². The van der Waals surface area contributed by atoms with E-state index in [1.807, 2.05) is 0 Å². The predicted molar refractivity (Wildman–Crippen MR) is 76.4 cm³/mol. The summed E-state index contributed by atoms with van der Waals surface area (Å²) in [7, 11) is 5.07. The number of carboxylic acids is 1. The van der Waals surface area contributed by atoms with Gasteiger partial charge >= 0.3 is 5.97 Å². The normalized spacial score (nSPS) is 10.0. The Hall–Kier alpha value is -2.83. The van der Waals surface area contributed by atoms with Crippen molar-refractivity contribution in [3.63, 3.8) is 0 Å². The van der Waals surface area contributed by atoms with Crippen LogP contribution in [0.2, 0.25) is 0 Å². The van der Waals surface area contributed by atoms with Crippen LogP contribution in [-0.2, 0) is 0 Å². The van der Waals surface area contributed by atoms with Gasteiger partial charge in [-0.3, -0.25) is 0 Å². The van der Waals surface area contributed by atoms with Crippen LogP contribution in [0.5, 0.6) is 17.4 Å². The molecular weight excluding hydrogens is 274 g/mol. The van der Waals surface area contributed by atoms with Crippen molar-refractivity contribution in [2.45, 2.75) is 0 Å². The summed E-state index contributed by atoms with van der Waals surface area (Å²) in [6.45, 7) is 0. The number of benzene rings is 1. The summed E-state index contributed by atoms with van der Waals surface area (Å²) in [6.07, 6.45) is 1.54. The standard InChI is InChI=1S/C14H15N3O4/c1-17(2)14-15-7-6-12(16-14)21-11-5-4-9(20-3)8-10(11)13(18)19/h4-8H,1-3H3,(H,18,19). The zero-order valence-corrected chi connectivity index (χ0v) is 11.9. The van der Waals surface area contributed by atoms with E-state index in [2.05, 4.69) is 9.97 Å². The molecule has 0 aliphatic carbocycles. The van der Waals surface area contributed by atoms with Crippen LogP contribution in [0.1, 0.15) is 10.4 Å². The number of anilines is 1. The molecule has 2 rings (SSSR count). The van der Waals surface area contributed by atoms with Gasteiger partial charge in [-0.15, -0.1) is 0 Å². The molecule has 110 valence electrons. The van der Waals surface area contributed by atoms with Crippen molar-refractivity contribution in [3.05, 3.63) is 36.0 Å². The molecule has 0 aliphatic heterocycles. The molecule has 0 bridgehead atoms.